The molecular formula is C20H21ClFN3OS. The van der Waals surface area contributed by atoms with Crippen LogP contribution in [0.25, 0.3) is 10.2 Å². The number of para-hydroxylation sites is 1. The van der Waals surface area contributed by atoms with Gasteiger partial charge in [0.05, 0.1) is 22.8 Å². The van der Waals surface area contributed by atoms with Crippen LogP contribution < -0.4 is 0 Å². The van der Waals surface area contributed by atoms with Gasteiger partial charge in [-0.3, -0.25) is 9.69 Å². The van der Waals surface area contributed by atoms with E-state index in [9.17, 15) is 9.18 Å². The molecule has 0 saturated carbocycles. The zero-order valence-electron chi connectivity index (χ0n) is 15.4. The third kappa shape index (κ3) is 4.46. The largest absolute Gasteiger partial charge is 0.335 e. The van der Waals surface area contributed by atoms with Crippen LogP contribution in [0.2, 0.25) is 5.02 Å². The molecule has 0 bridgehead atoms. The molecule has 0 spiro atoms. The van der Waals surface area contributed by atoms with Crippen LogP contribution in [-0.4, -0.2) is 41.3 Å². The number of hydrogen-bond donors (Lipinski definition) is 0. The second-order valence-corrected chi connectivity index (χ2v) is 8.04. The predicted molar refractivity (Wildman–Crippen MR) is 109 cm³/mol. The highest BCUT2D eigenvalue weighted by atomic mass is 35.5. The van der Waals surface area contributed by atoms with Gasteiger partial charge in [0.15, 0.2) is 0 Å². The van der Waals surface area contributed by atoms with Gasteiger partial charge in [0.25, 0.3) is 0 Å². The molecule has 3 aromatic rings. The van der Waals surface area contributed by atoms with Crippen LogP contribution in [0.4, 0.5) is 4.39 Å². The first-order chi connectivity index (χ1) is 12.9. The number of rotatable bonds is 6. The molecular weight excluding hydrogens is 385 g/mol. The highest BCUT2D eigenvalue weighted by Crippen LogP contribution is 2.29. The lowest BCUT2D eigenvalue weighted by atomic mass is 10.2. The number of aromatic nitrogens is 1. The summed E-state index contributed by atoms with van der Waals surface area (Å²) in [5, 5.41) is 1.26. The number of nitrogens with zero attached hydrogens (tertiary/aromatic N) is 3. The van der Waals surface area contributed by atoms with E-state index in [2.05, 4.69) is 4.98 Å². The molecule has 0 N–H and O–H groups in total. The van der Waals surface area contributed by atoms with Crippen molar-refractivity contribution in [1.82, 2.24) is 14.8 Å². The van der Waals surface area contributed by atoms with Crippen LogP contribution in [0.5, 0.6) is 0 Å². The zero-order valence-corrected chi connectivity index (χ0v) is 17.0. The molecule has 0 fully saturated rings. The first kappa shape index (κ1) is 19.7. The maximum absolute atomic E-state index is 13.9. The van der Waals surface area contributed by atoms with Crippen molar-refractivity contribution in [3.8, 4) is 0 Å². The van der Waals surface area contributed by atoms with Gasteiger partial charge < -0.3 is 4.90 Å². The van der Waals surface area contributed by atoms with Gasteiger partial charge in [-0.05, 0) is 38.2 Å². The Bertz CT molecular complexity index is 908. The van der Waals surface area contributed by atoms with Crippen molar-refractivity contribution in [3.63, 3.8) is 0 Å². The Balaban J connectivity index is 1.65. The maximum atomic E-state index is 13.9. The van der Waals surface area contributed by atoms with Gasteiger partial charge >= 0.3 is 0 Å². The molecule has 142 valence electrons. The molecule has 0 radical (unpaired) electrons. The Kier molecular flexibility index (Phi) is 6.09. The third-order valence-corrected chi connectivity index (χ3v) is 6.10. The molecule has 1 amide bonds. The average molecular weight is 406 g/mol. The fourth-order valence-corrected chi connectivity index (χ4v) is 4.09. The molecule has 7 heteroatoms. The molecule has 27 heavy (non-hydrogen) atoms. The maximum Gasteiger partial charge on any atom is 0.237 e. The lowest BCUT2D eigenvalue weighted by molar-refractivity contribution is -0.132. The molecule has 1 atom stereocenters. The van der Waals surface area contributed by atoms with Crippen molar-refractivity contribution in [1.29, 1.82) is 0 Å². The lowest BCUT2D eigenvalue weighted by Gasteiger charge is -2.26. The van der Waals surface area contributed by atoms with Crippen LogP contribution >= 0.6 is 22.9 Å². The summed E-state index contributed by atoms with van der Waals surface area (Å²) in [7, 11) is 3.54. The van der Waals surface area contributed by atoms with Crippen LogP contribution in [-0.2, 0) is 11.3 Å². The lowest BCUT2D eigenvalue weighted by Crippen LogP contribution is -2.37. The Morgan fingerprint density at radius 3 is 2.67 bits per heavy atom. The summed E-state index contributed by atoms with van der Waals surface area (Å²) >= 11 is 7.66. The first-order valence-electron chi connectivity index (χ1n) is 8.59. The molecule has 4 nitrogen and oxygen atoms in total. The summed E-state index contributed by atoms with van der Waals surface area (Å²) in [6.07, 6.45) is 0. The van der Waals surface area contributed by atoms with Crippen molar-refractivity contribution in [2.75, 3.05) is 20.6 Å². The summed E-state index contributed by atoms with van der Waals surface area (Å²) in [5.41, 5.74) is 1.34. The van der Waals surface area contributed by atoms with Crippen molar-refractivity contribution in [2.45, 2.75) is 19.5 Å². The number of thiazole rings is 1. The van der Waals surface area contributed by atoms with E-state index in [1.165, 1.54) is 6.07 Å². The van der Waals surface area contributed by atoms with E-state index in [0.717, 1.165) is 15.2 Å². The minimum atomic E-state index is -0.363. The SMILES string of the molecule is C[C@H](c1nc2ccccc2s1)N(C)C(=O)CN(C)Cc1c(F)cccc1Cl. The van der Waals surface area contributed by atoms with Crippen molar-refractivity contribution >= 4 is 39.1 Å². The van der Waals surface area contributed by atoms with E-state index in [1.807, 2.05) is 31.2 Å². The molecule has 2 aromatic carbocycles. The number of carbonyl (C=O) groups excluding carboxylic acids is 1. The number of fused-ring (bicyclic) bond motifs is 1. The quantitative estimate of drug-likeness (QED) is 0.594. The average Bonchev–Trinajstić information content (AvgIpc) is 3.07. The summed E-state index contributed by atoms with van der Waals surface area (Å²) in [6, 6.07) is 12.4. The van der Waals surface area contributed by atoms with Crippen molar-refractivity contribution < 1.29 is 9.18 Å². The summed E-state index contributed by atoms with van der Waals surface area (Å²) in [6.45, 7) is 2.39. The Labute approximate surface area is 167 Å². The van der Waals surface area contributed by atoms with Crippen LogP contribution in [0.15, 0.2) is 42.5 Å². The second-order valence-electron chi connectivity index (χ2n) is 6.57. The van der Waals surface area contributed by atoms with Crippen molar-refractivity contribution in [2.24, 2.45) is 0 Å². The normalized spacial score (nSPS) is 12.5. The van der Waals surface area contributed by atoms with E-state index in [1.54, 1.807) is 47.4 Å². The third-order valence-electron chi connectivity index (χ3n) is 4.54. The molecule has 1 heterocycles. The molecule has 0 unspecified atom stereocenters. The number of halogens is 2. The van der Waals surface area contributed by atoms with Crippen molar-refractivity contribution in [3.05, 3.63) is 63.9 Å². The molecule has 0 saturated heterocycles. The van der Waals surface area contributed by atoms with E-state index >= 15 is 0 Å². The number of benzene rings is 2. The van der Waals surface area contributed by atoms with Gasteiger partial charge in [-0.15, -0.1) is 11.3 Å². The topological polar surface area (TPSA) is 36.4 Å². The van der Waals surface area contributed by atoms with Gasteiger partial charge in [0.2, 0.25) is 5.91 Å². The molecule has 0 aliphatic rings. The second kappa shape index (κ2) is 8.33. The minimum Gasteiger partial charge on any atom is -0.335 e. The predicted octanol–water partition coefficient (Wildman–Crippen LogP) is 4.74. The smallest absolute Gasteiger partial charge is 0.237 e. The monoisotopic (exact) mass is 405 g/mol. The van der Waals surface area contributed by atoms with E-state index < -0.39 is 0 Å². The number of carbonyl (C=O) groups is 1. The van der Waals surface area contributed by atoms with Gasteiger partial charge in [0, 0.05) is 24.2 Å². The highest BCUT2D eigenvalue weighted by molar-refractivity contribution is 7.18. The van der Waals surface area contributed by atoms with Gasteiger partial charge in [0.1, 0.15) is 10.8 Å². The van der Waals surface area contributed by atoms with E-state index in [0.29, 0.717) is 10.6 Å². The standard InChI is InChI=1S/C20H21ClFN3OS/c1-13(20-23-17-9-4-5-10-18(17)27-20)25(3)19(26)12-24(2)11-14-15(21)7-6-8-16(14)22/h4-10,13H,11-12H2,1-3H3/t13-/m1/s1. The zero-order chi connectivity index (χ0) is 19.6. The Morgan fingerprint density at radius 1 is 1.22 bits per heavy atom. The highest BCUT2D eigenvalue weighted by Gasteiger charge is 2.22. The fourth-order valence-electron chi connectivity index (χ4n) is 2.80. The summed E-state index contributed by atoms with van der Waals surface area (Å²) < 4.78 is 15.0. The number of amides is 1. The van der Waals surface area contributed by atoms with Gasteiger partial charge in [-0.1, -0.05) is 29.8 Å². The Hall–Kier alpha value is -2.02. The van der Waals surface area contributed by atoms with Gasteiger partial charge in [-0.2, -0.15) is 0 Å². The van der Waals surface area contributed by atoms with E-state index in [-0.39, 0.29) is 30.9 Å². The van der Waals surface area contributed by atoms with Crippen LogP contribution in [0.1, 0.15) is 23.5 Å². The van der Waals surface area contributed by atoms with Crippen LogP contribution in [0, 0.1) is 5.82 Å². The fraction of sp³-hybridized carbons (Fsp3) is 0.300. The molecule has 1 aromatic heterocycles. The number of hydrogen-bond acceptors (Lipinski definition) is 4. The van der Waals surface area contributed by atoms with Crippen LogP contribution in [0.3, 0.4) is 0 Å². The molecule has 0 aliphatic heterocycles. The Morgan fingerprint density at radius 2 is 1.96 bits per heavy atom. The molecule has 0 aliphatic carbocycles. The van der Waals surface area contributed by atoms with Gasteiger partial charge in [-0.25, -0.2) is 9.37 Å². The van der Waals surface area contributed by atoms with E-state index in [4.69, 9.17) is 11.6 Å². The summed E-state index contributed by atoms with van der Waals surface area (Å²) in [4.78, 5) is 20.7. The summed E-state index contributed by atoms with van der Waals surface area (Å²) in [5.74, 6) is -0.422. The first-order valence-corrected chi connectivity index (χ1v) is 9.79. The minimum absolute atomic E-state index is 0.0586. The number of likely N-dealkylation sites (N-methyl/N-ethyl adjacent to an activating group) is 2. The molecule has 3 rings (SSSR count).